The fraction of sp³-hybridized carbons (Fsp3) is 0.833. The molecule has 19 heavy (non-hydrogen) atoms. The Labute approximate surface area is 112 Å². The molecule has 0 bridgehead atoms. The lowest BCUT2D eigenvalue weighted by molar-refractivity contribution is 0.283. The van der Waals surface area contributed by atoms with E-state index < -0.39 is 9.84 Å². The highest BCUT2D eigenvalue weighted by molar-refractivity contribution is 7.91. The summed E-state index contributed by atoms with van der Waals surface area (Å²) in [6.45, 7) is 3.94. The van der Waals surface area contributed by atoms with Crippen molar-refractivity contribution in [3.05, 3.63) is 11.7 Å². The highest BCUT2D eigenvalue weighted by Gasteiger charge is 2.40. The normalized spacial score (nSPS) is 33.8. The van der Waals surface area contributed by atoms with Crippen molar-refractivity contribution in [2.24, 2.45) is 0 Å². The Balaban J connectivity index is 1.84. The first-order valence-electron chi connectivity index (χ1n) is 6.80. The van der Waals surface area contributed by atoms with E-state index in [4.69, 9.17) is 4.52 Å². The molecule has 106 valence electrons. The fourth-order valence-electron chi connectivity index (χ4n) is 2.99. The summed E-state index contributed by atoms with van der Waals surface area (Å²) in [6, 6.07) is 0. The number of rotatable bonds is 3. The zero-order valence-corrected chi connectivity index (χ0v) is 11.9. The Morgan fingerprint density at radius 1 is 1.53 bits per heavy atom. The van der Waals surface area contributed by atoms with Crippen LogP contribution in [0.1, 0.15) is 43.8 Å². The monoisotopic (exact) mass is 285 g/mol. The first-order valence-corrected chi connectivity index (χ1v) is 8.62. The number of aromatic nitrogens is 2. The van der Waals surface area contributed by atoms with Crippen molar-refractivity contribution in [3.8, 4) is 0 Å². The molecule has 2 aliphatic heterocycles. The Bertz CT molecular complexity index is 561. The third-order valence-corrected chi connectivity index (χ3v) is 6.18. The van der Waals surface area contributed by atoms with Crippen LogP contribution in [-0.4, -0.2) is 43.2 Å². The van der Waals surface area contributed by atoms with Crippen molar-refractivity contribution in [1.29, 1.82) is 0 Å². The van der Waals surface area contributed by atoms with Crippen LogP contribution < -0.4 is 5.32 Å². The third-order valence-electron chi connectivity index (χ3n) is 4.41. The van der Waals surface area contributed by atoms with Gasteiger partial charge in [0, 0.05) is 12.5 Å². The van der Waals surface area contributed by atoms with Crippen molar-refractivity contribution in [3.63, 3.8) is 0 Å². The van der Waals surface area contributed by atoms with Gasteiger partial charge in [-0.2, -0.15) is 4.98 Å². The molecule has 2 unspecified atom stereocenters. The van der Waals surface area contributed by atoms with Crippen LogP contribution in [0.4, 0.5) is 0 Å². The van der Waals surface area contributed by atoms with Crippen LogP contribution in [0, 0.1) is 0 Å². The molecule has 0 amide bonds. The van der Waals surface area contributed by atoms with Gasteiger partial charge in [-0.1, -0.05) is 12.1 Å². The molecule has 2 fully saturated rings. The number of hydrogen-bond donors (Lipinski definition) is 1. The first kappa shape index (κ1) is 13.1. The van der Waals surface area contributed by atoms with Crippen molar-refractivity contribution >= 4 is 9.84 Å². The fourth-order valence-corrected chi connectivity index (χ4v) is 4.73. The predicted octanol–water partition coefficient (Wildman–Crippen LogP) is 0.613. The summed E-state index contributed by atoms with van der Waals surface area (Å²) in [5.74, 6) is 1.53. The number of nitrogens with one attached hydrogen (secondary N) is 1. The molecule has 2 saturated heterocycles. The molecule has 0 saturated carbocycles. The van der Waals surface area contributed by atoms with Crippen LogP contribution in [-0.2, 0) is 15.3 Å². The predicted molar refractivity (Wildman–Crippen MR) is 69.8 cm³/mol. The zero-order valence-electron chi connectivity index (χ0n) is 11.1. The first-order chi connectivity index (χ1) is 9.05. The van der Waals surface area contributed by atoms with E-state index in [1.54, 1.807) is 0 Å². The Kier molecular flexibility index (Phi) is 3.13. The molecule has 2 aliphatic rings. The molecule has 3 heterocycles. The summed E-state index contributed by atoms with van der Waals surface area (Å²) < 4.78 is 28.4. The van der Waals surface area contributed by atoms with Crippen LogP contribution in [0.2, 0.25) is 0 Å². The summed E-state index contributed by atoms with van der Waals surface area (Å²) in [5.41, 5.74) is -0.0667. The van der Waals surface area contributed by atoms with Gasteiger partial charge in [-0.25, -0.2) is 8.42 Å². The molecule has 2 atom stereocenters. The lowest BCUT2D eigenvalue weighted by Gasteiger charge is -2.20. The smallest absolute Gasteiger partial charge is 0.234 e. The van der Waals surface area contributed by atoms with Crippen LogP contribution in [0.15, 0.2) is 4.52 Å². The van der Waals surface area contributed by atoms with Crippen molar-refractivity contribution in [1.82, 2.24) is 15.5 Å². The van der Waals surface area contributed by atoms with E-state index in [1.165, 1.54) is 0 Å². The SMILES string of the molecule is CCC1(c2nc(C3CCS(=O)(=O)C3)no2)CCNC1. The molecular formula is C12H19N3O3S. The summed E-state index contributed by atoms with van der Waals surface area (Å²) >= 11 is 0. The third kappa shape index (κ3) is 2.29. The molecule has 7 heteroatoms. The van der Waals surface area contributed by atoms with Crippen LogP contribution in [0.3, 0.4) is 0 Å². The lowest BCUT2D eigenvalue weighted by Crippen LogP contribution is -2.28. The molecule has 3 rings (SSSR count). The van der Waals surface area contributed by atoms with E-state index in [-0.39, 0.29) is 22.8 Å². The van der Waals surface area contributed by atoms with E-state index in [0.29, 0.717) is 18.1 Å². The minimum atomic E-state index is -2.91. The molecular weight excluding hydrogens is 266 g/mol. The topological polar surface area (TPSA) is 85.1 Å². The maximum Gasteiger partial charge on any atom is 0.234 e. The quantitative estimate of drug-likeness (QED) is 0.876. The van der Waals surface area contributed by atoms with Crippen LogP contribution >= 0.6 is 0 Å². The van der Waals surface area contributed by atoms with Gasteiger partial charge < -0.3 is 9.84 Å². The van der Waals surface area contributed by atoms with Crippen LogP contribution in [0.25, 0.3) is 0 Å². The van der Waals surface area contributed by atoms with Crippen LogP contribution in [0.5, 0.6) is 0 Å². The second kappa shape index (κ2) is 4.56. The maximum absolute atomic E-state index is 11.5. The van der Waals surface area contributed by atoms with Gasteiger partial charge in [0.2, 0.25) is 5.89 Å². The standard InChI is InChI=1S/C12H19N3O3S/c1-2-12(4-5-13-8-12)11-14-10(15-18-11)9-3-6-19(16,17)7-9/h9,13H,2-8H2,1H3. The van der Waals surface area contributed by atoms with E-state index >= 15 is 0 Å². The second-order valence-electron chi connectivity index (χ2n) is 5.62. The number of hydrogen-bond acceptors (Lipinski definition) is 6. The average Bonchev–Trinajstić information content (AvgIpc) is 3.06. The largest absolute Gasteiger partial charge is 0.339 e. The summed E-state index contributed by atoms with van der Waals surface area (Å²) in [6.07, 6.45) is 2.55. The van der Waals surface area contributed by atoms with Gasteiger partial charge in [0.05, 0.1) is 16.9 Å². The molecule has 6 nitrogen and oxygen atoms in total. The molecule has 1 N–H and O–H groups in total. The van der Waals surface area contributed by atoms with Gasteiger partial charge in [0.1, 0.15) is 0 Å². The minimum Gasteiger partial charge on any atom is -0.339 e. The van der Waals surface area contributed by atoms with Crippen molar-refractivity contribution in [2.75, 3.05) is 24.6 Å². The van der Waals surface area contributed by atoms with E-state index in [0.717, 1.165) is 25.9 Å². The lowest BCUT2D eigenvalue weighted by atomic mass is 9.84. The highest BCUT2D eigenvalue weighted by atomic mass is 32.2. The average molecular weight is 285 g/mol. The molecule has 0 aliphatic carbocycles. The van der Waals surface area contributed by atoms with Crippen molar-refractivity contribution < 1.29 is 12.9 Å². The zero-order chi connectivity index (χ0) is 13.5. The molecule has 0 radical (unpaired) electrons. The Hall–Kier alpha value is -0.950. The van der Waals surface area contributed by atoms with Gasteiger partial charge >= 0.3 is 0 Å². The summed E-state index contributed by atoms with van der Waals surface area (Å²) in [4.78, 5) is 4.50. The van der Waals surface area contributed by atoms with Crippen molar-refractivity contribution in [2.45, 2.75) is 37.5 Å². The van der Waals surface area contributed by atoms with Gasteiger partial charge in [-0.3, -0.25) is 0 Å². The van der Waals surface area contributed by atoms with E-state index in [9.17, 15) is 8.42 Å². The Morgan fingerprint density at radius 3 is 2.95 bits per heavy atom. The molecule has 1 aromatic heterocycles. The molecule has 0 spiro atoms. The summed E-state index contributed by atoms with van der Waals surface area (Å²) in [7, 11) is -2.91. The maximum atomic E-state index is 11.5. The van der Waals surface area contributed by atoms with E-state index in [2.05, 4.69) is 22.4 Å². The molecule has 0 aromatic carbocycles. The number of nitrogens with zero attached hydrogens (tertiary/aromatic N) is 2. The summed E-state index contributed by atoms with van der Waals surface area (Å²) in [5, 5.41) is 7.35. The van der Waals surface area contributed by atoms with Gasteiger partial charge in [0.15, 0.2) is 15.7 Å². The Morgan fingerprint density at radius 2 is 2.37 bits per heavy atom. The molecule has 1 aromatic rings. The van der Waals surface area contributed by atoms with Gasteiger partial charge in [-0.15, -0.1) is 0 Å². The minimum absolute atomic E-state index is 0.0667. The van der Waals surface area contributed by atoms with Gasteiger partial charge in [-0.05, 0) is 25.8 Å². The highest BCUT2D eigenvalue weighted by Crippen LogP contribution is 2.34. The second-order valence-corrected chi connectivity index (χ2v) is 7.85. The van der Waals surface area contributed by atoms with E-state index in [1.807, 2.05) is 0 Å². The number of sulfone groups is 1. The van der Waals surface area contributed by atoms with Gasteiger partial charge in [0.25, 0.3) is 0 Å².